The average molecular weight is 839 g/mol. The van der Waals surface area contributed by atoms with Crippen LogP contribution >= 0.6 is 0 Å². The van der Waals surface area contributed by atoms with Crippen LogP contribution in [0.15, 0.2) is 47.1 Å². The third-order valence-electron chi connectivity index (χ3n) is 10.2. The van der Waals surface area contributed by atoms with E-state index in [-0.39, 0.29) is 53.9 Å². The summed E-state index contributed by atoms with van der Waals surface area (Å²) < 4.78 is 17.8. The summed E-state index contributed by atoms with van der Waals surface area (Å²) in [6.45, 7) is 10.6. The van der Waals surface area contributed by atoms with Crippen LogP contribution in [0.2, 0.25) is 0 Å². The van der Waals surface area contributed by atoms with Crippen molar-refractivity contribution in [2.24, 2.45) is 22.2 Å². The largest absolute Gasteiger partial charge is 0.490 e. The molecule has 5 aromatic rings. The topological polar surface area (TPSA) is 277 Å². The summed E-state index contributed by atoms with van der Waals surface area (Å²) in [5.74, 6) is -1.09. The van der Waals surface area contributed by atoms with Crippen LogP contribution in [-0.2, 0) is 22.7 Å². The molecule has 0 spiro atoms. The van der Waals surface area contributed by atoms with Crippen LogP contribution in [-0.4, -0.2) is 97.8 Å². The second-order valence-electron chi connectivity index (χ2n) is 14.8. The minimum absolute atomic E-state index is 0.0835. The number of fused-ring (bicyclic) bond motifs is 1. The van der Waals surface area contributed by atoms with Gasteiger partial charge in [-0.25, -0.2) is 24.6 Å². The molecule has 322 valence electrons. The fraction of sp³-hybridized carbons (Fsp3) is 0.390. The van der Waals surface area contributed by atoms with Gasteiger partial charge in [0.25, 0.3) is 5.91 Å². The smallest absolute Gasteiger partial charge is 0.363 e. The van der Waals surface area contributed by atoms with Gasteiger partial charge >= 0.3 is 11.9 Å². The van der Waals surface area contributed by atoms with Crippen molar-refractivity contribution < 1.29 is 38.0 Å². The van der Waals surface area contributed by atoms with Crippen molar-refractivity contribution in [3.63, 3.8) is 0 Å². The Balaban J connectivity index is 1.37. The van der Waals surface area contributed by atoms with Crippen molar-refractivity contribution in [2.75, 3.05) is 44.0 Å². The highest BCUT2D eigenvalue weighted by atomic mass is 16.5. The van der Waals surface area contributed by atoms with Gasteiger partial charge < -0.3 is 36.1 Å². The lowest BCUT2D eigenvalue weighted by atomic mass is 10.1. The standard InChI is InChI=1S/C41H51N13O7/c1-7-45-30(15-22(3)42)38(58)48-40-46-28-17-25(36(43)56)19-32(60-14-10-12-51(6)24(5)55)34(28)52(40)13-9-11-27-21-61-33-20-26(37(44)57)18-29-35(33)54(27)41(47-29)49-39(59)31-16-23(4)50-53(31)8-2/h15-20,27H,7-14,21H2,1-6H3,(H8,42,43,44,45,46,47,48,49,56,57,58,59)/p+1/t27-/m0/s1. The lowest BCUT2D eigenvalue weighted by molar-refractivity contribution is -0.657. The number of aliphatic imine (C=N–C) groups is 1. The summed E-state index contributed by atoms with van der Waals surface area (Å²) >= 11 is 0. The Morgan fingerprint density at radius 3 is 2.46 bits per heavy atom. The van der Waals surface area contributed by atoms with Crippen LogP contribution in [0, 0.1) is 6.92 Å². The number of aromatic amines is 1. The third-order valence-corrected chi connectivity index (χ3v) is 10.2. The Bertz CT molecular complexity index is 2600. The van der Waals surface area contributed by atoms with Crippen molar-refractivity contribution in [1.29, 1.82) is 0 Å². The lowest BCUT2D eigenvalue weighted by Crippen LogP contribution is -2.39. The number of ether oxygens (including phenoxy) is 2. The number of rotatable bonds is 18. The zero-order valence-corrected chi connectivity index (χ0v) is 35.1. The van der Waals surface area contributed by atoms with E-state index >= 15 is 0 Å². The summed E-state index contributed by atoms with van der Waals surface area (Å²) in [5, 5.41) is 10.3. The minimum atomic E-state index is -0.680. The molecule has 0 saturated heterocycles. The Hall–Kier alpha value is -7.25. The van der Waals surface area contributed by atoms with Crippen LogP contribution in [0.5, 0.6) is 11.5 Å². The molecular weight excluding hydrogens is 787 g/mol. The summed E-state index contributed by atoms with van der Waals surface area (Å²) in [6.07, 6.45) is 2.94. The highest BCUT2D eigenvalue weighted by molar-refractivity contribution is 6.47. The molecule has 61 heavy (non-hydrogen) atoms. The fourth-order valence-electron chi connectivity index (χ4n) is 7.23. The number of allylic oxidation sites excluding steroid dienone is 1. The normalized spacial score (nSPS) is 13.9. The van der Waals surface area contributed by atoms with Crippen molar-refractivity contribution in [1.82, 2.24) is 29.2 Å². The molecule has 2 aromatic carbocycles. The van der Waals surface area contributed by atoms with Crippen LogP contribution in [0.4, 0.5) is 11.9 Å². The molecule has 1 aliphatic heterocycles. The summed E-state index contributed by atoms with van der Waals surface area (Å²) in [5.41, 5.74) is 21.3. The Morgan fingerprint density at radius 2 is 1.79 bits per heavy atom. The molecular formula is C41H52N13O7+. The SMILES string of the molecule is CCN=C(C=C(C)N)C(=O)Nc1[nH]c2cc(C(N)=O)cc(OCCCN(C)C(C)=O)c2[n+]1CCC[C@H]1COc2cc(C(N)=O)cc3nc(NC(=O)c4cc(C)nn4CC)n1c23. The van der Waals surface area contributed by atoms with E-state index in [1.54, 1.807) is 67.7 Å². The molecule has 0 bridgehead atoms. The van der Waals surface area contributed by atoms with Crippen molar-refractivity contribution in [2.45, 2.75) is 73.0 Å². The Kier molecular flexibility index (Phi) is 13.0. The van der Waals surface area contributed by atoms with Crippen LogP contribution in [0.1, 0.15) is 89.9 Å². The van der Waals surface area contributed by atoms with Crippen molar-refractivity contribution in [3.05, 3.63) is 64.6 Å². The van der Waals surface area contributed by atoms with E-state index in [0.29, 0.717) is 96.1 Å². The van der Waals surface area contributed by atoms with E-state index in [1.807, 2.05) is 16.1 Å². The molecule has 4 heterocycles. The van der Waals surface area contributed by atoms with Gasteiger partial charge in [-0.15, -0.1) is 0 Å². The maximum Gasteiger partial charge on any atom is 0.363 e. The maximum absolute atomic E-state index is 13.7. The number of aryl methyl sites for hydroxylation is 3. The fourth-order valence-corrected chi connectivity index (χ4v) is 7.23. The number of amides is 5. The molecule has 1 aliphatic rings. The molecule has 20 heteroatoms. The van der Waals surface area contributed by atoms with Gasteiger partial charge in [0.05, 0.1) is 30.4 Å². The third kappa shape index (κ3) is 9.47. The molecule has 0 fully saturated rings. The number of nitrogens with two attached hydrogens (primary N) is 3. The summed E-state index contributed by atoms with van der Waals surface area (Å²) in [4.78, 5) is 77.9. The van der Waals surface area contributed by atoms with Gasteiger partial charge in [0.1, 0.15) is 34.8 Å². The van der Waals surface area contributed by atoms with Gasteiger partial charge in [-0.3, -0.25) is 34.2 Å². The van der Waals surface area contributed by atoms with Gasteiger partial charge in [-0.05, 0) is 83.4 Å². The highest BCUT2D eigenvalue weighted by Gasteiger charge is 2.31. The number of hydrogen-bond acceptors (Lipinski definition) is 11. The van der Waals surface area contributed by atoms with E-state index in [4.69, 9.17) is 31.7 Å². The first-order valence-electron chi connectivity index (χ1n) is 20.0. The molecule has 20 nitrogen and oxygen atoms in total. The first kappa shape index (κ1) is 43.3. The van der Waals surface area contributed by atoms with E-state index in [2.05, 4.69) is 25.7 Å². The quantitative estimate of drug-likeness (QED) is 0.0426. The number of H-pyrrole nitrogens is 1. The predicted octanol–water partition coefficient (Wildman–Crippen LogP) is 2.70. The average Bonchev–Trinajstić information content (AvgIpc) is 3.89. The number of hydrogen-bond donors (Lipinski definition) is 6. The first-order valence-corrected chi connectivity index (χ1v) is 20.0. The summed E-state index contributed by atoms with van der Waals surface area (Å²) in [6, 6.07) is 7.60. The van der Waals surface area contributed by atoms with Crippen LogP contribution in [0.3, 0.4) is 0 Å². The zero-order valence-electron chi connectivity index (χ0n) is 35.1. The molecule has 1 atom stereocenters. The molecule has 3 aromatic heterocycles. The Labute approximate surface area is 351 Å². The molecule has 0 saturated carbocycles. The Morgan fingerprint density at radius 1 is 1.05 bits per heavy atom. The first-order chi connectivity index (χ1) is 29.1. The van der Waals surface area contributed by atoms with Crippen LogP contribution in [0.25, 0.3) is 22.1 Å². The number of carbonyl (C=O) groups excluding carboxylic acids is 5. The molecule has 6 rings (SSSR count). The van der Waals surface area contributed by atoms with Gasteiger partial charge in [-0.2, -0.15) is 5.10 Å². The van der Waals surface area contributed by atoms with Crippen molar-refractivity contribution in [3.8, 4) is 11.5 Å². The second kappa shape index (κ2) is 18.3. The molecule has 0 unspecified atom stereocenters. The predicted molar refractivity (Wildman–Crippen MR) is 228 cm³/mol. The number of nitrogens with zero attached hydrogens (tertiary/aromatic N) is 7. The van der Waals surface area contributed by atoms with Gasteiger partial charge in [0.15, 0.2) is 11.3 Å². The van der Waals surface area contributed by atoms with Crippen LogP contribution < -0.4 is 41.9 Å². The number of imidazole rings is 2. The maximum atomic E-state index is 13.7. The monoisotopic (exact) mass is 838 g/mol. The highest BCUT2D eigenvalue weighted by Crippen LogP contribution is 2.39. The number of nitrogens with one attached hydrogen (secondary N) is 3. The van der Waals surface area contributed by atoms with E-state index in [0.717, 1.165) is 0 Å². The molecule has 5 amide bonds. The second-order valence-corrected chi connectivity index (χ2v) is 14.8. The number of benzene rings is 2. The zero-order chi connectivity index (χ0) is 44.1. The number of aromatic nitrogens is 6. The van der Waals surface area contributed by atoms with Gasteiger partial charge in [0, 0.05) is 50.4 Å². The summed E-state index contributed by atoms with van der Waals surface area (Å²) in [7, 11) is 1.70. The number of primary amides is 2. The number of carbonyl (C=O) groups is 5. The van der Waals surface area contributed by atoms with E-state index < -0.39 is 23.6 Å². The molecule has 0 aliphatic carbocycles. The number of anilines is 2. The lowest BCUT2D eigenvalue weighted by Gasteiger charge is -2.27. The van der Waals surface area contributed by atoms with E-state index in [1.165, 1.54) is 13.0 Å². The molecule has 9 N–H and O–H groups in total. The van der Waals surface area contributed by atoms with Gasteiger partial charge in [-0.1, -0.05) is 0 Å². The minimum Gasteiger partial charge on any atom is -0.490 e. The van der Waals surface area contributed by atoms with E-state index in [9.17, 15) is 24.0 Å². The van der Waals surface area contributed by atoms with Crippen molar-refractivity contribution >= 4 is 69.2 Å². The van der Waals surface area contributed by atoms with Gasteiger partial charge in [0.2, 0.25) is 23.7 Å². The molecule has 0 radical (unpaired) electrons.